The standard InChI is InChI=1S/C36H17N4O2/c41-35-24-13-10-20-22-15-16-29-33-25(36(42)40-27-7-3-1-5-18(27)17-38(29)40)14-11-21(31(22)33)19-9-12-23(32(24)30(19)20)34-37-26-6-2-4-8-28(26)39(34)35/h1-17H/q+1. The second-order valence-electron chi connectivity index (χ2n) is 11.3. The molecular weight excluding hydrogens is 520 g/mol. The van der Waals surface area contributed by atoms with Crippen LogP contribution in [0.5, 0.6) is 0 Å². The van der Waals surface area contributed by atoms with Gasteiger partial charge in [0.2, 0.25) is 11.7 Å². The van der Waals surface area contributed by atoms with Crippen molar-refractivity contribution in [1.29, 1.82) is 0 Å². The minimum atomic E-state index is -0.0548. The lowest BCUT2D eigenvalue weighted by Gasteiger charge is -2.17. The highest BCUT2D eigenvalue weighted by Crippen LogP contribution is 2.44. The Labute approximate surface area is 234 Å². The average Bonchev–Trinajstić information content (AvgIpc) is 3.61. The van der Waals surface area contributed by atoms with E-state index in [4.69, 9.17) is 4.98 Å². The lowest BCUT2D eigenvalue weighted by molar-refractivity contribution is -0.589. The minimum absolute atomic E-state index is 0.0343. The SMILES string of the molecule is O=c1c2ccc3c4ccc5c6c(ccc(c7ccc(c2c73)c2nc3ccccc3n12)c46)c(=O)n1c2ccccc2c[n+]51. The molecule has 0 fully saturated rings. The number of rotatable bonds is 0. The quantitative estimate of drug-likeness (QED) is 0.127. The maximum Gasteiger partial charge on any atom is 0.315 e. The fraction of sp³-hybridized carbons (Fsp3) is 0. The van der Waals surface area contributed by atoms with E-state index in [2.05, 4.69) is 36.4 Å². The van der Waals surface area contributed by atoms with Crippen LogP contribution in [0.4, 0.5) is 0 Å². The van der Waals surface area contributed by atoms with Crippen LogP contribution < -0.4 is 15.6 Å². The van der Waals surface area contributed by atoms with Gasteiger partial charge in [0, 0.05) is 27.6 Å². The summed E-state index contributed by atoms with van der Waals surface area (Å²) in [5, 5.41) is 11.7. The van der Waals surface area contributed by atoms with Gasteiger partial charge in [-0.1, -0.05) is 51.5 Å². The van der Waals surface area contributed by atoms with Gasteiger partial charge in [-0.3, -0.25) is 14.0 Å². The smallest absolute Gasteiger partial charge is 0.268 e. The van der Waals surface area contributed by atoms with Crippen molar-refractivity contribution in [2.75, 3.05) is 0 Å². The Hall–Kier alpha value is -5.88. The largest absolute Gasteiger partial charge is 0.315 e. The van der Waals surface area contributed by atoms with Gasteiger partial charge in [-0.15, -0.1) is 0 Å². The first kappa shape index (κ1) is 20.9. The first-order chi connectivity index (χ1) is 20.7. The minimum Gasteiger partial charge on any atom is -0.268 e. The van der Waals surface area contributed by atoms with Gasteiger partial charge in [-0.25, -0.2) is 4.98 Å². The van der Waals surface area contributed by atoms with E-state index in [1.54, 1.807) is 8.92 Å². The molecule has 7 aromatic carbocycles. The summed E-state index contributed by atoms with van der Waals surface area (Å²) in [6, 6.07) is 32.4. The summed E-state index contributed by atoms with van der Waals surface area (Å²) in [5.74, 6) is 0. The fourth-order valence-electron chi connectivity index (χ4n) is 7.73. The molecule has 11 aromatic rings. The van der Waals surface area contributed by atoms with E-state index in [1.165, 1.54) is 0 Å². The van der Waals surface area contributed by atoms with E-state index < -0.39 is 0 Å². The lowest BCUT2D eigenvalue weighted by Crippen LogP contribution is -2.37. The zero-order valence-electron chi connectivity index (χ0n) is 21.9. The maximum atomic E-state index is 14.0. The van der Waals surface area contributed by atoms with Crippen molar-refractivity contribution in [3.63, 3.8) is 0 Å². The molecule has 0 bridgehead atoms. The monoisotopic (exact) mass is 537 g/mol. The second kappa shape index (κ2) is 6.70. The van der Waals surface area contributed by atoms with Crippen molar-refractivity contribution in [3.05, 3.63) is 124 Å². The Morgan fingerprint density at radius 3 is 1.88 bits per heavy atom. The van der Waals surface area contributed by atoms with Gasteiger partial charge in [0.15, 0.2) is 0 Å². The number of aromatic nitrogens is 4. The Morgan fingerprint density at radius 2 is 1.10 bits per heavy atom. The fourth-order valence-corrected chi connectivity index (χ4v) is 7.73. The summed E-state index contributed by atoms with van der Waals surface area (Å²) in [6.45, 7) is 0. The molecule has 6 heteroatoms. The van der Waals surface area contributed by atoms with E-state index in [0.29, 0.717) is 16.4 Å². The predicted octanol–water partition coefficient (Wildman–Crippen LogP) is 6.43. The zero-order valence-corrected chi connectivity index (χ0v) is 21.9. The van der Waals surface area contributed by atoms with Crippen LogP contribution in [0.1, 0.15) is 0 Å². The maximum absolute atomic E-state index is 14.0. The predicted molar refractivity (Wildman–Crippen MR) is 168 cm³/mol. The molecule has 0 N–H and O–H groups in total. The molecule has 0 atom stereocenters. The number of para-hydroxylation sites is 3. The van der Waals surface area contributed by atoms with Crippen molar-refractivity contribution in [2.45, 2.75) is 0 Å². The van der Waals surface area contributed by atoms with Crippen LogP contribution in [0.15, 0.2) is 113 Å². The van der Waals surface area contributed by atoms with E-state index in [1.807, 2.05) is 71.4 Å². The molecule has 0 saturated carbocycles. The Bertz CT molecular complexity index is 2890. The van der Waals surface area contributed by atoms with E-state index in [-0.39, 0.29) is 11.1 Å². The molecule has 192 valence electrons. The molecule has 11 rings (SSSR count). The van der Waals surface area contributed by atoms with E-state index in [0.717, 1.165) is 75.9 Å². The molecule has 4 aromatic heterocycles. The highest BCUT2D eigenvalue weighted by atomic mass is 16.1. The summed E-state index contributed by atoms with van der Waals surface area (Å²) in [7, 11) is 0. The molecule has 0 spiro atoms. The second-order valence-corrected chi connectivity index (χ2v) is 11.3. The summed E-state index contributed by atoms with van der Waals surface area (Å²) in [6.07, 6.45) is 2.04. The van der Waals surface area contributed by atoms with Gasteiger partial charge in [0.05, 0.1) is 27.2 Å². The molecule has 0 saturated heterocycles. The molecule has 4 heterocycles. The molecule has 0 unspecified atom stereocenters. The van der Waals surface area contributed by atoms with Gasteiger partial charge < -0.3 is 0 Å². The first-order valence-corrected chi connectivity index (χ1v) is 14.0. The number of imidazole rings is 1. The van der Waals surface area contributed by atoms with E-state index in [9.17, 15) is 9.59 Å². The Morgan fingerprint density at radius 1 is 0.524 bits per heavy atom. The number of nitrogens with zero attached hydrogens (tertiary/aromatic N) is 4. The summed E-state index contributed by atoms with van der Waals surface area (Å²) in [5.41, 5.74) is 4.10. The lowest BCUT2D eigenvalue weighted by atomic mass is 9.87. The zero-order chi connectivity index (χ0) is 27.4. The van der Waals surface area contributed by atoms with Crippen molar-refractivity contribution < 1.29 is 4.52 Å². The van der Waals surface area contributed by atoms with Crippen LogP contribution >= 0.6 is 0 Å². The van der Waals surface area contributed by atoms with Gasteiger partial charge in [0.25, 0.3) is 5.56 Å². The van der Waals surface area contributed by atoms with Crippen LogP contribution in [-0.4, -0.2) is 13.9 Å². The van der Waals surface area contributed by atoms with Crippen LogP contribution in [0.3, 0.4) is 0 Å². The normalized spacial score (nSPS) is 13.0. The molecule has 42 heavy (non-hydrogen) atoms. The molecular formula is C36H17N4O2+. The van der Waals surface area contributed by atoms with Crippen molar-refractivity contribution in [2.24, 2.45) is 0 Å². The summed E-state index contributed by atoms with van der Waals surface area (Å²) in [4.78, 5) is 32.9. The highest BCUT2D eigenvalue weighted by molar-refractivity contribution is 6.39. The van der Waals surface area contributed by atoms with Gasteiger partial charge in [-0.2, -0.15) is 0 Å². The topological polar surface area (TPSA) is 60.0 Å². The molecule has 0 aliphatic rings. The summed E-state index contributed by atoms with van der Waals surface area (Å²) < 4.78 is 5.51. The third-order valence-corrected chi connectivity index (χ3v) is 9.43. The molecule has 0 amide bonds. The Balaban J connectivity index is 1.41. The Kier molecular flexibility index (Phi) is 3.34. The van der Waals surface area contributed by atoms with E-state index >= 15 is 0 Å². The van der Waals surface area contributed by atoms with Gasteiger partial charge in [0.1, 0.15) is 11.2 Å². The summed E-state index contributed by atoms with van der Waals surface area (Å²) >= 11 is 0. The molecule has 0 radical (unpaired) electrons. The van der Waals surface area contributed by atoms with Gasteiger partial charge >= 0.3 is 5.56 Å². The number of benzene rings is 7. The number of pyridine rings is 1. The van der Waals surface area contributed by atoms with Crippen molar-refractivity contribution in [3.8, 4) is 0 Å². The highest BCUT2D eigenvalue weighted by Gasteiger charge is 2.26. The van der Waals surface area contributed by atoms with Gasteiger partial charge in [-0.05, 0) is 75.5 Å². The number of hydrogen-bond acceptors (Lipinski definition) is 3. The third-order valence-electron chi connectivity index (χ3n) is 9.43. The number of hydrogen-bond donors (Lipinski definition) is 0. The van der Waals surface area contributed by atoms with Crippen molar-refractivity contribution in [1.82, 2.24) is 13.9 Å². The van der Waals surface area contributed by atoms with Crippen molar-refractivity contribution >= 4 is 92.3 Å². The molecule has 0 aliphatic carbocycles. The van der Waals surface area contributed by atoms with Crippen LogP contribution in [0.25, 0.3) is 92.3 Å². The van der Waals surface area contributed by atoms with Crippen LogP contribution in [-0.2, 0) is 0 Å². The molecule has 0 aliphatic heterocycles. The number of fused-ring (bicyclic) bond motifs is 10. The van der Waals surface area contributed by atoms with Crippen LogP contribution in [0.2, 0.25) is 0 Å². The average molecular weight is 538 g/mol. The first-order valence-electron chi connectivity index (χ1n) is 14.0. The van der Waals surface area contributed by atoms with Crippen LogP contribution in [0, 0.1) is 0 Å². The molecule has 6 nitrogen and oxygen atoms in total. The third kappa shape index (κ3) is 2.14.